The highest BCUT2D eigenvalue weighted by molar-refractivity contribution is 7.45. The van der Waals surface area contributed by atoms with E-state index in [4.69, 9.17) is 29.0 Å². The summed E-state index contributed by atoms with van der Waals surface area (Å²) >= 11 is 0. The zero-order chi connectivity index (χ0) is 22.7. The van der Waals surface area contributed by atoms with Crippen molar-refractivity contribution in [3.63, 3.8) is 0 Å². The fourth-order valence-electron chi connectivity index (χ4n) is 2.46. The highest BCUT2D eigenvalue weighted by Gasteiger charge is 2.11. The van der Waals surface area contributed by atoms with Crippen LogP contribution in [0.25, 0.3) is 0 Å². The van der Waals surface area contributed by atoms with Gasteiger partial charge in [0.25, 0.3) is 0 Å². The van der Waals surface area contributed by atoms with E-state index in [1.54, 1.807) is 0 Å². The maximum atomic E-state index is 11.9. The molecule has 0 saturated carbocycles. The van der Waals surface area contributed by atoms with E-state index < -0.39 is 22.5 Å². The summed E-state index contributed by atoms with van der Waals surface area (Å²) in [6, 6.07) is 0. The number of aliphatic hydroxyl groups is 1. The number of carbonyl (C=O) groups is 1. The predicted octanol–water partition coefficient (Wildman–Crippen LogP) is 2.19. The molecule has 0 fully saturated rings. The number of aliphatic hydroxyl groups excluding tert-OH is 1. The molecule has 6 N–H and O–H groups in total. The third-order valence-electron chi connectivity index (χ3n) is 3.87. The van der Waals surface area contributed by atoms with Crippen LogP contribution in [0, 0.1) is 0 Å². The summed E-state index contributed by atoms with van der Waals surface area (Å²) in [6.45, 7) is 7.08. The predicted molar refractivity (Wildman–Crippen MR) is 112 cm³/mol. The molecule has 0 rings (SSSR count). The quantitative estimate of drug-likeness (QED) is 0.115. The van der Waals surface area contributed by atoms with Crippen LogP contribution in [0.4, 0.5) is 0 Å². The Morgan fingerprint density at radius 3 is 2.03 bits per heavy atom. The second-order valence-electron chi connectivity index (χ2n) is 6.51. The highest BCUT2D eigenvalue weighted by atomic mass is 31.2. The van der Waals surface area contributed by atoms with E-state index in [0.29, 0.717) is 13.0 Å². The molecule has 0 aromatic heterocycles. The van der Waals surface area contributed by atoms with E-state index in [-0.39, 0.29) is 12.5 Å². The van der Waals surface area contributed by atoms with Gasteiger partial charge in [-0.25, -0.2) is 4.57 Å². The number of rotatable bonds is 16. The molecular formula is C17H37NO9P2. The number of carbonyl (C=O) groups excluding carboxylic acids is 1. The first kappa shape index (κ1) is 30.8. The summed E-state index contributed by atoms with van der Waals surface area (Å²) < 4.78 is 13.5. The van der Waals surface area contributed by atoms with Gasteiger partial charge in [0.1, 0.15) is 0 Å². The van der Waals surface area contributed by atoms with Gasteiger partial charge in [-0.05, 0) is 31.8 Å². The van der Waals surface area contributed by atoms with Gasteiger partial charge in [0, 0.05) is 13.1 Å². The standard InChI is InChI=1S/C17H34NO5P.H3O4P/c1-3-5-6-7-8-10-13-18(17(20)4-2)14-11-9-12-16(19)15-23-24(21)22;1-5(2,3)4/h4,16,19,21-22H,2-3,5-15H2,1H3;(H3,1,2,3,4). The van der Waals surface area contributed by atoms with Crippen molar-refractivity contribution in [3.8, 4) is 0 Å². The molecule has 29 heavy (non-hydrogen) atoms. The van der Waals surface area contributed by atoms with Gasteiger partial charge in [-0.3, -0.25) is 4.79 Å². The van der Waals surface area contributed by atoms with Crippen LogP contribution in [0.15, 0.2) is 12.7 Å². The molecule has 10 nitrogen and oxygen atoms in total. The number of amides is 1. The van der Waals surface area contributed by atoms with Crippen LogP contribution in [-0.4, -0.2) is 66.2 Å². The van der Waals surface area contributed by atoms with Crippen molar-refractivity contribution >= 4 is 22.3 Å². The molecule has 0 aromatic rings. The number of hydrogen-bond acceptors (Lipinski definition) is 6. The Hall–Kier alpha value is -0.410. The monoisotopic (exact) mass is 461 g/mol. The normalized spacial score (nSPS) is 12.3. The average molecular weight is 461 g/mol. The SMILES string of the molecule is C=CC(=O)N(CCCCCCCC)CCCCC(O)COP(O)O.O=P(O)(O)O. The van der Waals surface area contributed by atoms with Crippen LogP contribution >= 0.6 is 16.4 Å². The van der Waals surface area contributed by atoms with Crippen molar-refractivity contribution in [2.45, 2.75) is 70.8 Å². The van der Waals surface area contributed by atoms with Gasteiger partial charge < -0.3 is 39.0 Å². The van der Waals surface area contributed by atoms with Crippen LogP contribution in [-0.2, 0) is 13.9 Å². The molecule has 0 aliphatic rings. The minimum Gasteiger partial charge on any atom is -0.391 e. The zero-order valence-corrected chi connectivity index (χ0v) is 18.9. The zero-order valence-electron chi connectivity index (χ0n) is 17.1. The molecule has 174 valence electrons. The molecule has 1 atom stereocenters. The van der Waals surface area contributed by atoms with Crippen molar-refractivity contribution in [2.24, 2.45) is 0 Å². The first-order valence-corrected chi connectivity index (χ1v) is 12.4. The Bertz CT molecular complexity index is 452. The minimum absolute atomic E-state index is 0.0429. The van der Waals surface area contributed by atoms with Gasteiger partial charge in [-0.15, -0.1) is 0 Å². The van der Waals surface area contributed by atoms with E-state index in [1.807, 2.05) is 4.90 Å². The molecule has 0 aliphatic carbocycles. The van der Waals surface area contributed by atoms with Crippen LogP contribution in [0.2, 0.25) is 0 Å². The van der Waals surface area contributed by atoms with E-state index in [9.17, 15) is 9.90 Å². The van der Waals surface area contributed by atoms with Crippen LogP contribution in [0.1, 0.15) is 64.7 Å². The lowest BCUT2D eigenvalue weighted by Crippen LogP contribution is -2.31. The Morgan fingerprint density at radius 1 is 1.07 bits per heavy atom. The molecular weight excluding hydrogens is 424 g/mol. The van der Waals surface area contributed by atoms with Gasteiger partial charge >= 0.3 is 16.4 Å². The second kappa shape index (κ2) is 19.5. The molecule has 1 unspecified atom stereocenters. The Kier molecular flexibility index (Phi) is 20.7. The van der Waals surface area contributed by atoms with Gasteiger partial charge in [0.15, 0.2) is 0 Å². The molecule has 0 bridgehead atoms. The van der Waals surface area contributed by atoms with Crippen molar-refractivity contribution in [2.75, 3.05) is 19.7 Å². The van der Waals surface area contributed by atoms with Gasteiger partial charge in [-0.2, -0.15) is 0 Å². The molecule has 0 radical (unpaired) electrons. The Morgan fingerprint density at radius 2 is 1.55 bits per heavy atom. The Labute approximate surface area is 174 Å². The van der Waals surface area contributed by atoms with Gasteiger partial charge in [-0.1, -0.05) is 45.6 Å². The van der Waals surface area contributed by atoms with Crippen LogP contribution in [0.3, 0.4) is 0 Å². The number of hydrogen-bond donors (Lipinski definition) is 6. The van der Waals surface area contributed by atoms with Crippen molar-refractivity contribution in [3.05, 3.63) is 12.7 Å². The molecule has 0 heterocycles. The number of phosphoric acid groups is 1. The smallest absolute Gasteiger partial charge is 0.391 e. The maximum absolute atomic E-state index is 11.9. The van der Waals surface area contributed by atoms with Crippen molar-refractivity contribution < 1.29 is 43.5 Å². The molecule has 12 heteroatoms. The van der Waals surface area contributed by atoms with E-state index in [1.165, 1.54) is 31.8 Å². The summed E-state index contributed by atoms with van der Waals surface area (Å²) in [5.41, 5.74) is 0. The summed E-state index contributed by atoms with van der Waals surface area (Å²) in [7, 11) is -7.05. The topological polar surface area (TPSA) is 168 Å². The fraction of sp³-hybridized carbons (Fsp3) is 0.824. The lowest BCUT2D eigenvalue weighted by atomic mass is 10.1. The van der Waals surface area contributed by atoms with Crippen molar-refractivity contribution in [1.29, 1.82) is 0 Å². The molecule has 0 saturated heterocycles. The highest BCUT2D eigenvalue weighted by Crippen LogP contribution is 2.26. The van der Waals surface area contributed by atoms with Crippen molar-refractivity contribution in [1.82, 2.24) is 4.90 Å². The largest absolute Gasteiger partial charge is 0.466 e. The molecule has 1 amide bonds. The van der Waals surface area contributed by atoms with E-state index in [0.717, 1.165) is 32.2 Å². The van der Waals surface area contributed by atoms with Crippen LogP contribution < -0.4 is 0 Å². The average Bonchev–Trinajstić information content (AvgIpc) is 2.62. The van der Waals surface area contributed by atoms with E-state index >= 15 is 0 Å². The lowest BCUT2D eigenvalue weighted by molar-refractivity contribution is -0.126. The number of unbranched alkanes of at least 4 members (excludes halogenated alkanes) is 6. The Balaban J connectivity index is 0. The fourth-order valence-corrected chi connectivity index (χ4v) is 2.77. The second-order valence-corrected chi connectivity index (χ2v) is 8.30. The minimum atomic E-state index is -4.64. The molecule has 0 aromatic carbocycles. The maximum Gasteiger partial charge on any atom is 0.466 e. The summed E-state index contributed by atoms with van der Waals surface area (Å²) in [6.07, 6.45) is 9.82. The first-order chi connectivity index (χ1) is 13.5. The first-order valence-electron chi connectivity index (χ1n) is 9.69. The summed E-state index contributed by atoms with van der Waals surface area (Å²) in [5, 5.41) is 9.63. The van der Waals surface area contributed by atoms with E-state index in [2.05, 4.69) is 18.0 Å². The van der Waals surface area contributed by atoms with Crippen LogP contribution in [0.5, 0.6) is 0 Å². The summed E-state index contributed by atoms with van der Waals surface area (Å²) in [5.74, 6) is -0.0429. The summed E-state index contributed by atoms with van der Waals surface area (Å²) in [4.78, 5) is 52.5. The van der Waals surface area contributed by atoms with Gasteiger partial charge in [0.05, 0.1) is 12.7 Å². The lowest BCUT2D eigenvalue weighted by Gasteiger charge is -2.21. The third-order valence-corrected chi connectivity index (χ3v) is 4.25. The molecule has 0 aliphatic heterocycles. The third kappa shape index (κ3) is 27.6. The number of nitrogens with zero attached hydrogens (tertiary/aromatic N) is 1. The molecule has 0 spiro atoms. The van der Waals surface area contributed by atoms with Gasteiger partial charge in [0.2, 0.25) is 5.91 Å².